The normalized spacial score (nSPS) is 12.5. The summed E-state index contributed by atoms with van der Waals surface area (Å²) in [4.78, 5) is 11.8. The number of esters is 1. The number of hydrogen-bond acceptors (Lipinski definition) is 5. The lowest BCUT2D eigenvalue weighted by Gasteiger charge is -2.19. The first-order chi connectivity index (χ1) is 7.52. The van der Waals surface area contributed by atoms with E-state index in [0.29, 0.717) is 5.56 Å². The van der Waals surface area contributed by atoms with Gasteiger partial charge in [0.1, 0.15) is 9.81 Å². The van der Waals surface area contributed by atoms with E-state index < -0.39 is 20.6 Å². The Balaban J connectivity index is 3.11. The van der Waals surface area contributed by atoms with Gasteiger partial charge in [0.05, 0.1) is 5.56 Å². The Kier molecular flexibility index (Phi) is 3.91. The third-order valence-corrected chi connectivity index (χ3v) is 5.14. The minimum atomic E-state index is -3.81. The van der Waals surface area contributed by atoms with E-state index in [1.54, 1.807) is 20.8 Å². The average molecular weight is 297 g/mol. The SMILES string of the molecule is Cc1c(C(=O)OC(C)(C)C)csc1S(=O)(=O)Cl. The van der Waals surface area contributed by atoms with Crippen LogP contribution in [0.3, 0.4) is 0 Å². The molecule has 0 amide bonds. The van der Waals surface area contributed by atoms with E-state index in [0.717, 1.165) is 11.3 Å². The van der Waals surface area contributed by atoms with Crippen LogP contribution >= 0.6 is 22.0 Å². The second-order valence-electron chi connectivity index (χ2n) is 4.50. The van der Waals surface area contributed by atoms with Gasteiger partial charge in [-0.15, -0.1) is 11.3 Å². The largest absolute Gasteiger partial charge is 0.456 e. The summed E-state index contributed by atoms with van der Waals surface area (Å²) < 4.78 is 27.5. The number of carbonyl (C=O) groups is 1. The van der Waals surface area contributed by atoms with Crippen molar-refractivity contribution in [3.8, 4) is 0 Å². The standard InChI is InChI=1S/C10H13ClO4S2/c1-6-7(8(12)15-10(2,3)4)5-16-9(6)17(11,13)14/h5H,1-4H3. The van der Waals surface area contributed by atoms with Crippen molar-refractivity contribution in [1.82, 2.24) is 0 Å². The maximum Gasteiger partial charge on any atom is 0.339 e. The fourth-order valence-corrected chi connectivity index (χ4v) is 3.71. The van der Waals surface area contributed by atoms with Gasteiger partial charge < -0.3 is 4.74 Å². The Morgan fingerprint density at radius 2 is 1.94 bits per heavy atom. The quantitative estimate of drug-likeness (QED) is 0.622. The van der Waals surface area contributed by atoms with Crippen molar-refractivity contribution in [2.75, 3.05) is 0 Å². The van der Waals surface area contributed by atoms with Gasteiger partial charge in [0.25, 0.3) is 9.05 Å². The Bertz CT molecular complexity index is 537. The maximum atomic E-state index is 11.8. The number of ether oxygens (including phenoxy) is 1. The number of hydrogen-bond donors (Lipinski definition) is 0. The summed E-state index contributed by atoms with van der Waals surface area (Å²) in [5, 5.41) is 1.44. The Labute approximate surface area is 109 Å². The lowest BCUT2D eigenvalue weighted by molar-refractivity contribution is 0.00692. The molecular weight excluding hydrogens is 284 g/mol. The van der Waals surface area contributed by atoms with Gasteiger partial charge in [-0.05, 0) is 33.3 Å². The highest BCUT2D eigenvalue weighted by Gasteiger charge is 2.25. The van der Waals surface area contributed by atoms with Crippen LogP contribution in [0.15, 0.2) is 9.59 Å². The zero-order valence-electron chi connectivity index (χ0n) is 9.90. The molecule has 1 aromatic heterocycles. The van der Waals surface area contributed by atoms with Gasteiger partial charge in [-0.3, -0.25) is 0 Å². The van der Waals surface area contributed by atoms with Crippen LogP contribution in [0.25, 0.3) is 0 Å². The Morgan fingerprint density at radius 3 is 2.29 bits per heavy atom. The van der Waals surface area contributed by atoms with Crippen LogP contribution in [0.5, 0.6) is 0 Å². The molecule has 0 aliphatic carbocycles. The van der Waals surface area contributed by atoms with Crippen LogP contribution in [0.2, 0.25) is 0 Å². The van der Waals surface area contributed by atoms with Crippen LogP contribution in [-0.4, -0.2) is 20.0 Å². The molecule has 0 atom stereocenters. The molecule has 17 heavy (non-hydrogen) atoms. The van der Waals surface area contributed by atoms with E-state index in [9.17, 15) is 13.2 Å². The highest BCUT2D eigenvalue weighted by Crippen LogP contribution is 2.30. The van der Waals surface area contributed by atoms with Crippen molar-refractivity contribution in [2.24, 2.45) is 0 Å². The van der Waals surface area contributed by atoms with Gasteiger partial charge in [0.2, 0.25) is 0 Å². The molecule has 0 aliphatic heterocycles. The zero-order valence-corrected chi connectivity index (χ0v) is 12.3. The summed E-state index contributed by atoms with van der Waals surface area (Å²) in [6.45, 7) is 6.76. The summed E-state index contributed by atoms with van der Waals surface area (Å²) in [5.74, 6) is -0.544. The topological polar surface area (TPSA) is 60.4 Å². The molecule has 0 aliphatic rings. The number of halogens is 1. The van der Waals surface area contributed by atoms with Crippen molar-refractivity contribution in [1.29, 1.82) is 0 Å². The molecule has 7 heteroatoms. The van der Waals surface area contributed by atoms with Crippen molar-refractivity contribution >= 4 is 37.0 Å². The molecule has 0 unspecified atom stereocenters. The van der Waals surface area contributed by atoms with Gasteiger partial charge in [-0.1, -0.05) is 0 Å². The first-order valence-electron chi connectivity index (χ1n) is 4.78. The van der Waals surface area contributed by atoms with E-state index in [4.69, 9.17) is 15.4 Å². The lowest BCUT2D eigenvalue weighted by atomic mass is 10.2. The predicted molar refractivity (Wildman–Crippen MR) is 67.3 cm³/mol. The molecular formula is C10H13ClO4S2. The molecule has 0 saturated carbocycles. The summed E-state index contributed by atoms with van der Waals surface area (Å²) in [6.07, 6.45) is 0. The van der Waals surface area contributed by atoms with Gasteiger partial charge in [0.15, 0.2) is 0 Å². The van der Waals surface area contributed by atoms with Crippen molar-refractivity contribution in [3.63, 3.8) is 0 Å². The van der Waals surface area contributed by atoms with Crippen LogP contribution < -0.4 is 0 Å². The summed E-state index contributed by atoms with van der Waals surface area (Å²) >= 11 is 0.917. The van der Waals surface area contributed by atoms with Gasteiger partial charge in [-0.2, -0.15) is 0 Å². The molecule has 0 radical (unpaired) electrons. The maximum absolute atomic E-state index is 11.8. The van der Waals surface area contributed by atoms with E-state index in [1.165, 1.54) is 12.3 Å². The Hall–Kier alpha value is -0.590. The summed E-state index contributed by atoms with van der Waals surface area (Å²) in [5.41, 5.74) is -0.0470. The molecule has 1 aromatic rings. The summed E-state index contributed by atoms with van der Waals surface area (Å²) in [7, 11) is 1.44. The second kappa shape index (κ2) is 4.59. The molecule has 0 bridgehead atoms. The second-order valence-corrected chi connectivity index (χ2v) is 8.14. The van der Waals surface area contributed by atoms with Crippen LogP contribution in [-0.2, 0) is 13.8 Å². The minimum Gasteiger partial charge on any atom is -0.456 e. The number of thiophene rings is 1. The molecule has 0 fully saturated rings. The van der Waals surface area contributed by atoms with Gasteiger partial charge in [-0.25, -0.2) is 13.2 Å². The number of carbonyl (C=O) groups excluding carboxylic acids is 1. The Morgan fingerprint density at radius 1 is 1.41 bits per heavy atom. The molecule has 0 saturated heterocycles. The molecule has 96 valence electrons. The van der Waals surface area contributed by atoms with E-state index in [2.05, 4.69) is 0 Å². The van der Waals surface area contributed by atoms with Crippen molar-refractivity contribution in [2.45, 2.75) is 37.5 Å². The molecule has 0 N–H and O–H groups in total. The highest BCUT2D eigenvalue weighted by atomic mass is 35.7. The first-order valence-corrected chi connectivity index (χ1v) is 7.97. The molecule has 4 nitrogen and oxygen atoms in total. The fraction of sp³-hybridized carbons (Fsp3) is 0.500. The van der Waals surface area contributed by atoms with E-state index in [-0.39, 0.29) is 9.77 Å². The number of rotatable bonds is 2. The van der Waals surface area contributed by atoms with Crippen molar-refractivity contribution < 1.29 is 17.9 Å². The lowest BCUT2D eigenvalue weighted by Crippen LogP contribution is -2.24. The minimum absolute atomic E-state index is 0.0139. The molecule has 0 spiro atoms. The van der Waals surface area contributed by atoms with Crippen molar-refractivity contribution in [3.05, 3.63) is 16.5 Å². The van der Waals surface area contributed by atoms with E-state index >= 15 is 0 Å². The summed E-state index contributed by atoms with van der Waals surface area (Å²) in [6, 6.07) is 0. The van der Waals surface area contributed by atoms with Gasteiger partial charge in [0, 0.05) is 16.1 Å². The van der Waals surface area contributed by atoms with Gasteiger partial charge >= 0.3 is 5.97 Å². The first kappa shape index (κ1) is 14.5. The van der Waals surface area contributed by atoms with Crippen LogP contribution in [0.1, 0.15) is 36.7 Å². The third kappa shape index (κ3) is 3.69. The van der Waals surface area contributed by atoms with Crippen LogP contribution in [0, 0.1) is 6.92 Å². The average Bonchev–Trinajstić information content (AvgIpc) is 2.42. The molecule has 1 heterocycles. The zero-order chi connectivity index (χ0) is 13.4. The van der Waals surface area contributed by atoms with Crippen LogP contribution in [0.4, 0.5) is 0 Å². The monoisotopic (exact) mass is 296 g/mol. The predicted octanol–water partition coefficient (Wildman–Crippen LogP) is 2.94. The fourth-order valence-electron chi connectivity index (χ4n) is 1.17. The van der Waals surface area contributed by atoms with E-state index in [1.807, 2.05) is 0 Å². The highest BCUT2D eigenvalue weighted by molar-refractivity contribution is 8.15. The molecule has 0 aromatic carbocycles. The third-order valence-electron chi connectivity index (χ3n) is 1.83. The molecule has 1 rings (SSSR count). The smallest absolute Gasteiger partial charge is 0.339 e.